The lowest BCUT2D eigenvalue weighted by atomic mass is 9.95. The van der Waals surface area contributed by atoms with Crippen LogP contribution >= 0.6 is 11.6 Å². The second kappa shape index (κ2) is 11.6. The van der Waals surface area contributed by atoms with E-state index in [1.807, 2.05) is 24.3 Å². The van der Waals surface area contributed by atoms with Gasteiger partial charge in [-0.15, -0.1) is 0 Å². The maximum Gasteiger partial charge on any atom is 0.257 e. The minimum Gasteiger partial charge on any atom is -0.497 e. The second-order valence-corrected chi connectivity index (χ2v) is 8.19. The summed E-state index contributed by atoms with van der Waals surface area (Å²) in [4.78, 5) is 39.1. The molecule has 0 aliphatic carbocycles. The summed E-state index contributed by atoms with van der Waals surface area (Å²) < 4.78 is 10.4. The Labute approximate surface area is 198 Å². The van der Waals surface area contributed by atoms with Crippen LogP contribution in [0.2, 0.25) is 5.02 Å². The van der Waals surface area contributed by atoms with Crippen molar-refractivity contribution in [3.8, 4) is 11.5 Å². The highest BCUT2D eigenvalue weighted by atomic mass is 35.5. The van der Waals surface area contributed by atoms with Gasteiger partial charge >= 0.3 is 0 Å². The molecule has 0 saturated carbocycles. The number of piperidine rings is 1. The van der Waals surface area contributed by atoms with Crippen LogP contribution in [0.25, 0.3) is 0 Å². The van der Waals surface area contributed by atoms with Crippen LogP contribution in [0.3, 0.4) is 0 Å². The highest BCUT2D eigenvalue weighted by molar-refractivity contribution is 6.31. The van der Waals surface area contributed by atoms with E-state index in [4.69, 9.17) is 21.1 Å². The standard InChI is InChI=1S/C24H28ClN3O5/c1-32-19-6-3-16(4-7-19)14-26-22(29)15-27-23(30)17-9-11-28(12-10-17)24(31)20-13-18(25)5-8-21(20)33-2/h3-8,13,17H,9-12,14-15H2,1-2H3,(H,26,29)(H,27,30). The molecule has 0 bridgehead atoms. The molecule has 1 saturated heterocycles. The van der Waals surface area contributed by atoms with Gasteiger partial charge in [0.05, 0.1) is 26.3 Å². The van der Waals surface area contributed by atoms with E-state index in [0.29, 0.717) is 48.8 Å². The average molecular weight is 474 g/mol. The van der Waals surface area contributed by atoms with Crippen molar-refractivity contribution < 1.29 is 23.9 Å². The molecule has 2 aromatic carbocycles. The largest absolute Gasteiger partial charge is 0.497 e. The smallest absolute Gasteiger partial charge is 0.257 e. The quantitative estimate of drug-likeness (QED) is 0.614. The predicted molar refractivity (Wildman–Crippen MR) is 124 cm³/mol. The van der Waals surface area contributed by atoms with E-state index < -0.39 is 0 Å². The fraction of sp³-hybridized carbons (Fsp3) is 0.375. The summed E-state index contributed by atoms with van der Waals surface area (Å²) in [6.45, 7) is 1.16. The molecule has 3 amide bonds. The number of carbonyl (C=O) groups is 3. The van der Waals surface area contributed by atoms with Crippen LogP contribution in [-0.2, 0) is 16.1 Å². The molecule has 0 spiro atoms. The van der Waals surface area contributed by atoms with E-state index in [0.717, 1.165) is 11.3 Å². The van der Waals surface area contributed by atoms with Crippen molar-refractivity contribution in [1.29, 1.82) is 0 Å². The number of halogens is 1. The van der Waals surface area contributed by atoms with Crippen molar-refractivity contribution in [1.82, 2.24) is 15.5 Å². The third kappa shape index (κ3) is 6.61. The first-order valence-electron chi connectivity index (χ1n) is 10.7. The number of nitrogens with zero attached hydrogens (tertiary/aromatic N) is 1. The molecule has 0 aromatic heterocycles. The number of likely N-dealkylation sites (tertiary alicyclic amines) is 1. The van der Waals surface area contributed by atoms with E-state index in [2.05, 4.69) is 10.6 Å². The van der Waals surface area contributed by atoms with Crippen LogP contribution in [0, 0.1) is 5.92 Å². The van der Waals surface area contributed by atoms with Gasteiger partial charge in [0.1, 0.15) is 11.5 Å². The summed E-state index contributed by atoms with van der Waals surface area (Å²) in [5, 5.41) is 5.93. The molecule has 1 aliphatic heterocycles. The summed E-state index contributed by atoms with van der Waals surface area (Å²) in [6.07, 6.45) is 1.04. The van der Waals surface area contributed by atoms with Crippen LogP contribution in [-0.4, -0.2) is 56.5 Å². The molecule has 0 atom stereocenters. The molecule has 3 rings (SSSR count). The van der Waals surface area contributed by atoms with Crippen molar-refractivity contribution in [2.24, 2.45) is 5.92 Å². The Hall–Kier alpha value is -3.26. The molecule has 176 valence electrons. The number of amides is 3. The lowest BCUT2D eigenvalue weighted by Crippen LogP contribution is -2.45. The van der Waals surface area contributed by atoms with Crippen LogP contribution in [0.15, 0.2) is 42.5 Å². The van der Waals surface area contributed by atoms with Gasteiger partial charge < -0.3 is 25.0 Å². The first kappa shape index (κ1) is 24.4. The molecule has 0 radical (unpaired) electrons. The van der Waals surface area contributed by atoms with Gasteiger partial charge in [-0.1, -0.05) is 23.7 Å². The molecule has 8 nitrogen and oxygen atoms in total. The molecule has 1 heterocycles. The number of benzene rings is 2. The third-order valence-corrected chi connectivity index (χ3v) is 5.85. The van der Waals surface area contributed by atoms with Crippen LogP contribution in [0.5, 0.6) is 11.5 Å². The van der Waals surface area contributed by atoms with E-state index in [9.17, 15) is 14.4 Å². The molecular weight excluding hydrogens is 446 g/mol. The lowest BCUT2D eigenvalue weighted by Gasteiger charge is -2.31. The van der Waals surface area contributed by atoms with E-state index >= 15 is 0 Å². The highest BCUT2D eigenvalue weighted by Gasteiger charge is 2.29. The van der Waals surface area contributed by atoms with Crippen LogP contribution in [0.1, 0.15) is 28.8 Å². The number of nitrogens with one attached hydrogen (secondary N) is 2. The van der Waals surface area contributed by atoms with Gasteiger partial charge in [-0.3, -0.25) is 14.4 Å². The summed E-state index contributed by atoms with van der Waals surface area (Å²) >= 11 is 6.03. The number of carbonyl (C=O) groups excluding carboxylic acids is 3. The summed E-state index contributed by atoms with van der Waals surface area (Å²) in [5.41, 5.74) is 1.34. The molecule has 9 heteroatoms. The Morgan fingerprint density at radius 2 is 1.70 bits per heavy atom. The van der Waals surface area contributed by atoms with Gasteiger partial charge in [0.25, 0.3) is 5.91 Å². The Kier molecular flexibility index (Phi) is 8.54. The first-order valence-corrected chi connectivity index (χ1v) is 11.1. The zero-order valence-electron chi connectivity index (χ0n) is 18.7. The fourth-order valence-electron chi connectivity index (χ4n) is 3.68. The maximum absolute atomic E-state index is 12.9. The van der Waals surface area contributed by atoms with Gasteiger partial charge in [-0.2, -0.15) is 0 Å². The normalized spacial score (nSPS) is 13.8. The number of hydrogen-bond donors (Lipinski definition) is 2. The summed E-state index contributed by atoms with van der Waals surface area (Å²) in [5.74, 6) is 0.347. The van der Waals surface area contributed by atoms with Crippen molar-refractivity contribution >= 4 is 29.3 Å². The molecule has 0 unspecified atom stereocenters. The fourth-order valence-corrected chi connectivity index (χ4v) is 3.85. The minimum atomic E-state index is -0.264. The maximum atomic E-state index is 12.9. The van der Waals surface area contributed by atoms with E-state index in [-0.39, 0.29) is 30.2 Å². The van der Waals surface area contributed by atoms with Crippen molar-refractivity contribution in [2.75, 3.05) is 33.9 Å². The monoisotopic (exact) mass is 473 g/mol. The Bertz CT molecular complexity index is 988. The zero-order valence-corrected chi connectivity index (χ0v) is 19.5. The number of methoxy groups -OCH3 is 2. The zero-order chi connectivity index (χ0) is 23.8. The topological polar surface area (TPSA) is 97.0 Å². The molecule has 2 aromatic rings. The molecule has 1 aliphatic rings. The van der Waals surface area contributed by atoms with Gasteiger partial charge in [-0.05, 0) is 48.7 Å². The first-order chi connectivity index (χ1) is 15.9. The van der Waals surface area contributed by atoms with Crippen molar-refractivity contribution in [3.05, 3.63) is 58.6 Å². The Balaban J connectivity index is 1.42. The summed E-state index contributed by atoms with van der Waals surface area (Å²) in [6, 6.07) is 12.3. The third-order valence-electron chi connectivity index (χ3n) is 5.62. The van der Waals surface area contributed by atoms with Crippen molar-refractivity contribution in [3.63, 3.8) is 0 Å². The van der Waals surface area contributed by atoms with Crippen molar-refractivity contribution in [2.45, 2.75) is 19.4 Å². The van der Waals surface area contributed by atoms with Gasteiger partial charge in [-0.25, -0.2) is 0 Å². The average Bonchev–Trinajstić information content (AvgIpc) is 2.85. The Morgan fingerprint density at radius 3 is 2.33 bits per heavy atom. The van der Waals surface area contributed by atoms with Crippen LogP contribution < -0.4 is 20.1 Å². The number of rotatable bonds is 8. The molecule has 33 heavy (non-hydrogen) atoms. The number of ether oxygens (including phenoxy) is 2. The van der Waals surface area contributed by atoms with E-state index in [1.54, 1.807) is 30.2 Å². The van der Waals surface area contributed by atoms with Gasteiger partial charge in [0.15, 0.2) is 0 Å². The van der Waals surface area contributed by atoms with Crippen LogP contribution in [0.4, 0.5) is 0 Å². The predicted octanol–water partition coefficient (Wildman–Crippen LogP) is 2.64. The Morgan fingerprint density at radius 1 is 1.00 bits per heavy atom. The van der Waals surface area contributed by atoms with Gasteiger partial charge in [0, 0.05) is 30.6 Å². The van der Waals surface area contributed by atoms with E-state index in [1.165, 1.54) is 7.11 Å². The molecule has 2 N–H and O–H groups in total. The lowest BCUT2D eigenvalue weighted by molar-refractivity contribution is -0.129. The minimum absolute atomic E-state index is 0.0894. The molecular formula is C24H28ClN3O5. The van der Waals surface area contributed by atoms with Gasteiger partial charge in [0.2, 0.25) is 11.8 Å². The number of hydrogen-bond acceptors (Lipinski definition) is 5. The highest BCUT2D eigenvalue weighted by Crippen LogP contribution is 2.26. The summed E-state index contributed by atoms with van der Waals surface area (Å²) in [7, 11) is 3.10. The molecule has 1 fully saturated rings. The SMILES string of the molecule is COc1ccc(CNC(=O)CNC(=O)C2CCN(C(=O)c3cc(Cl)ccc3OC)CC2)cc1. The second-order valence-electron chi connectivity index (χ2n) is 7.75.